The molecule has 0 aliphatic heterocycles. The van der Waals surface area contributed by atoms with E-state index in [-0.39, 0.29) is 11.3 Å². The minimum atomic E-state index is -0.993. The number of nitrogens with one attached hydrogen (secondary N) is 3. The summed E-state index contributed by atoms with van der Waals surface area (Å²) in [6, 6.07) is 30.3. The third-order valence-electron chi connectivity index (χ3n) is 5.25. The van der Waals surface area contributed by atoms with Gasteiger partial charge in [0.15, 0.2) is 0 Å². The van der Waals surface area contributed by atoms with Gasteiger partial charge in [-0.25, -0.2) is 5.43 Å². The average molecular weight is 571 g/mol. The van der Waals surface area contributed by atoms with Crippen LogP contribution in [0.5, 0.6) is 5.75 Å². The first-order valence-corrected chi connectivity index (χ1v) is 12.3. The summed E-state index contributed by atoms with van der Waals surface area (Å²) in [5, 5.41) is 9.11. The Hall–Kier alpha value is -4.76. The summed E-state index contributed by atoms with van der Waals surface area (Å²) in [4.78, 5) is 37.5. The van der Waals surface area contributed by atoms with Gasteiger partial charge in [-0.15, -0.1) is 0 Å². The first-order chi connectivity index (χ1) is 18.5. The second-order valence-corrected chi connectivity index (χ2v) is 8.89. The number of hydrogen-bond acceptors (Lipinski definition) is 5. The Kier molecular flexibility index (Phi) is 8.98. The Labute approximate surface area is 227 Å². The number of nitrogens with zero attached hydrogens (tertiary/aromatic N) is 1. The number of benzene rings is 4. The molecule has 0 fully saturated rings. The lowest BCUT2D eigenvalue weighted by molar-refractivity contribution is -0.136. The molecule has 8 nitrogen and oxygen atoms in total. The van der Waals surface area contributed by atoms with Crippen LogP contribution in [0, 0.1) is 0 Å². The largest absolute Gasteiger partial charge is 0.488 e. The van der Waals surface area contributed by atoms with Crippen LogP contribution >= 0.6 is 15.9 Å². The Morgan fingerprint density at radius 3 is 2.24 bits per heavy atom. The molecule has 3 N–H and O–H groups in total. The van der Waals surface area contributed by atoms with E-state index in [9.17, 15) is 14.4 Å². The first-order valence-electron chi connectivity index (χ1n) is 11.6. The number of anilines is 2. The van der Waals surface area contributed by atoms with E-state index in [2.05, 4.69) is 37.1 Å². The lowest BCUT2D eigenvalue weighted by atomic mass is 10.1. The van der Waals surface area contributed by atoms with E-state index < -0.39 is 17.7 Å². The fourth-order valence-electron chi connectivity index (χ4n) is 3.36. The van der Waals surface area contributed by atoms with Crippen LogP contribution in [0.15, 0.2) is 113 Å². The molecule has 0 aromatic heterocycles. The first kappa shape index (κ1) is 26.3. The number of halogens is 1. The summed E-state index contributed by atoms with van der Waals surface area (Å²) >= 11 is 3.40. The number of carbonyl (C=O) groups is 3. The van der Waals surface area contributed by atoms with Crippen LogP contribution in [0.4, 0.5) is 11.4 Å². The molecule has 0 unspecified atom stereocenters. The van der Waals surface area contributed by atoms with Crippen molar-refractivity contribution < 1.29 is 19.1 Å². The Bertz CT molecular complexity index is 1460. The summed E-state index contributed by atoms with van der Waals surface area (Å²) in [5.74, 6) is -1.82. The second-order valence-electron chi connectivity index (χ2n) is 7.97. The van der Waals surface area contributed by atoms with E-state index in [1.165, 1.54) is 12.3 Å². The number of para-hydroxylation sites is 3. The molecule has 4 aromatic rings. The lowest BCUT2D eigenvalue weighted by Gasteiger charge is -2.11. The molecule has 0 aliphatic rings. The minimum absolute atomic E-state index is 0.191. The molecule has 4 rings (SSSR count). The predicted molar refractivity (Wildman–Crippen MR) is 150 cm³/mol. The molecule has 0 heterocycles. The summed E-state index contributed by atoms with van der Waals surface area (Å²) in [7, 11) is 0. The second kappa shape index (κ2) is 13.0. The maximum Gasteiger partial charge on any atom is 0.329 e. The van der Waals surface area contributed by atoms with Gasteiger partial charge in [-0.2, -0.15) is 5.10 Å². The number of ether oxygens (including phenoxy) is 1. The molecule has 9 heteroatoms. The molecule has 0 saturated carbocycles. The number of amides is 3. The fourth-order valence-corrected chi connectivity index (χ4v) is 3.63. The van der Waals surface area contributed by atoms with Crippen LogP contribution in [0.1, 0.15) is 21.5 Å². The molecule has 0 atom stereocenters. The van der Waals surface area contributed by atoms with Gasteiger partial charge in [0.25, 0.3) is 5.91 Å². The Morgan fingerprint density at radius 1 is 0.763 bits per heavy atom. The van der Waals surface area contributed by atoms with Crippen LogP contribution in [0.2, 0.25) is 0 Å². The molecule has 190 valence electrons. The molecule has 0 bridgehead atoms. The molecule has 0 saturated heterocycles. The highest BCUT2D eigenvalue weighted by molar-refractivity contribution is 9.10. The Morgan fingerprint density at radius 2 is 1.45 bits per heavy atom. The van der Waals surface area contributed by atoms with Crippen LogP contribution in [0.25, 0.3) is 0 Å². The van der Waals surface area contributed by atoms with Gasteiger partial charge in [-0.1, -0.05) is 70.5 Å². The van der Waals surface area contributed by atoms with Crippen molar-refractivity contribution in [2.24, 2.45) is 5.10 Å². The SMILES string of the molecule is O=C(N/N=C\c1ccccc1OCc1ccc(Br)cc1)C(=O)Nc1ccccc1C(=O)Nc1ccccc1. The van der Waals surface area contributed by atoms with Crippen molar-refractivity contribution in [3.63, 3.8) is 0 Å². The van der Waals surface area contributed by atoms with E-state index in [0.717, 1.165) is 10.0 Å². The van der Waals surface area contributed by atoms with Crippen molar-refractivity contribution in [3.05, 3.63) is 124 Å². The zero-order chi connectivity index (χ0) is 26.7. The molecule has 3 amide bonds. The summed E-state index contributed by atoms with van der Waals surface area (Å²) in [6.07, 6.45) is 1.39. The summed E-state index contributed by atoms with van der Waals surface area (Å²) in [6.45, 7) is 0.351. The molecular formula is C29H23BrN4O4. The predicted octanol–water partition coefficient (Wildman–Crippen LogP) is 5.37. The van der Waals surface area contributed by atoms with Crippen LogP contribution in [0.3, 0.4) is 0 Å². The molecule has 38 heavy (non-hydrogen) atoms. The van der Waals surface area contributed by atoms with E-state index in [4.69, 9.17) is 4.74 Å². The van der Waals surface area contributed by atoms with Crippen LogP contribution < -0.4 is 20.8 Å². The van der Waals surface area contributed by atoms with Gasteiger partial charge < -0.3 is 15.4 Å². The molecule has 0 aliphatic carbocycles. The zero-order valence-corrected chi connectivity index (χ0v) is 21.6. The fraction of sp³-hybridized carbons (Fsp3) is 0.0345. The summed E-state index contributed by atoms with van der Waals surface area (Å²) in [5.41, 5.74) is 4.81. The normalized spacial score (nSPS) is 10.6. The quantitative estimate of drug-likeness (QED) is 0.150. The molecular weight excluding hydrogens is 548 g/mol. The average Bonchev–Trinajstić information content (AvgIpc) is 2.94. The van der Waals surface area contributed by atoms with E-state index in [0.29, 0.717) is 23.6 Å². The lowest BCUT2D eigenvalue weighted by Crippen LogP contribution is -2.33. The zero-order valence-electron chi connectivity index (χ0n) is 20.1. The van der Waals surface area contributed by atoms with Crippen molar-refractivity contribution in [1.29, 1.82) is 0 Å². The standard InChI is InChI=1S/C29H23BrN4O4/c30-22-16-14-20(15-17-22)19-38-26-13-7-4-8-21(26)18-31-34-29(37)28(36)33-25-12-6-5-11-24(25)27(35)32-23-9-2-1-3-10-23/h1-18H,19H2,(H,32,35)(H,33,36)(H,34,37)/b31-18-. The Balaban J connectivity index is 1.35. The topological polar surface area (TPSA) is 109 Å². The van der Waals surface area contributed by atoms with Crippen LogP contribution in [-0.2, 0) is 16.2 Å². The number of hydrazone groups is 1. The highest BCUT2D eigenvalue weighted by Crippen LogP contribution is 2.19. The molecule has 0 spiro atoms. The van der Waals surface area contributed by atoms with Crippen molar-refractivity contribution in [1.82, 2.24) is 5.43 Å². The monoisotopic (exact) mass is 570 g/mol. The number of hydrogen-bond donors (Lipinski definition) is 3. The van der Waals surface area contributed by atoms with E-state index >= 15 is 0 Å². The third-order valence-corrected chi connectivity index (χ3v) is 5.78. The molecule has 0 radical (unpaired) electrons. The van der Waals surface area contributed by atoms with Gasteiger partial charge in [-0.05, 0) is 54.1 Å². The number of rotatable bonds is 8. The van der Waals surface area contributed by atoms with Gasteiger partial charge in [-0.3, -0.25) is 14.4 Å². The van der Waals surface area contributed by atoms with Gasteiger partial charge >= 0.3 is 11.8 Å². The third kappa shape index (κ3) is 7.37. The van der Waals surface area contributed by atoms with Crippen molar-refractivity contribution in [2.45, 2.75) is 6.61 Å². The van der Waals surface area contributed by atoms with Gasteiger partial charge in [0.2, 0.25) is 0 Å². The van der Waals surface area contributed by atoms with Crippen LogP contribution in [-0.4, -0.2) is 23.9 Å². The van der Waals surface area contributed by atoms with E-state index in [1.807, 2.05) is 36.4 Å². The van der Waals surface area contributed by atoms with Crippen molar-refractivity contribution >= 4 is 51.2 Å². The summed E-state index contributed by atoms with van der Waals surface area (Å²) < 4.78 is 6.87. The van der Waals surface area contributed by atoms with Crippen molar-refractivity contribution in [3.8, 4) is 5.75 Å². The highest BCUT2D eigenvalue weighted by atomic mass is 79.9. The molecule has 4 aromatic carbocycles. The maximum absolute atomic E-state index is 12.7. The van der Waals surface area contributed by atoms with Gasteiger partial charge in [0.1, 0.15) is 12.4 Å². The maximum atomic E-state index is 12.7. The van der Waals surface area contributed by atoms with Gasteiger partial charge in [0.05, 0.1) is 17.5 Å². The number of carbonyl (C=O) groups excluding carboxylic acids is 3. The van der Waals surface area contributed by atoms with E-state index in [1.54, 1.807) is 60.7 Å². The highest BCUT2D eigenvalue weighted by Gasteiger charge is 2.18. The van der Waals surface area contributed by atoms with Crippen molar-refractivity contribution in [2.75, 3.05) is 10.6 Å². The minimum Gasteiger partial charge on any atom is -0.488 e. The van der Waals surface area contributed by atoms with Gasteiger partial charge in [0, 0.05) is 15.7 Å². The smallest absolute Gasteiger partial charge is 0.329 e.